The molecule has 0 N–H and O–H groups in total. The number of rotatable bonds is 3. The molecule has 0 fully saturated rings. The number of hydrogen-bond donors (Lipinski definition) is 0. The monoisotopic (exact) mass is 204 g/mol. The van der Waals surface area contributed by atoms with Gasteiger partial charge in [-0.15, -0.1) is 0 Å². The lowest BCUT2D eigenvalue weighted by molar-refractivity contribution is -0.119. The molecule has 1 aliphatic heterocycles. The van der Waals surface area contributed by atoms with E-state index in [0.717, 1.165) is 18.8 Å². The van der Waals surface area contributed by atoms with Crippen LogP contribution in [0.5, 0.6) is 5.75 Å². The highest BCUT2D eigenvalue weighted by molar-refractivity contribution is 5.79. The highest BCUT2D eigenvalue weighted by Crippen LogP contribution is 2.35. The Morgan fingerprint density at radius 3 is 3.07 bits per heavy atom. The van der Waals surface area contributed by atoms with E-state index in [2.05, 4.69) is 6.07 Å². The van der Waals surface area contributed by atoms with Crippen LogP contribution in [0.25, 0.3) is 0 Å². The van der Waals surface area contributed by atoms with Crippen LogP contribution >= 0.6 is 0 Å². The molecule has 80 valence electrons. The third kappa shape index (κ3) is 2.20. The number of hydrogen-bond acceptors (Lipinski definition) is 2. The van der Waals surface area contributed by atoms with Crippen molar-refractivity contribution < 1.29 is 9.53 Å². The van der Waals surface area contributed by atoms with Gasteiger partial charge in [-0.25, -0.2) is 0 Å². The molecule has 2 nitrogen and oxygen atoms in total. The third-order valence-corrected chi connectivity index (χ3v) is 2.95. The van der Waals surface area contributed by atoms with Gasteiger partial charge in [0.25, 0.3) is 0 Å². The van der Waals surface area contributed by atoms with Gasteiger partial charge in [-0.3, -0.25) is 4.79 Å². The van der Waals surface area contributed by atoms with Crippen molar-refractivity contribution >= 4 is 5.78 Å². The number of carbonyl (C=O) groups excluding carboxylic acids is 1. The Morgan fingerprint density at radius 1 is 1.47 bits per heavy atom. The molecule has 0 spiro atoms. The Morgan fingerprint density at radius 2 is 2.27 bits per heavy atom. The van der Waals surface area contributed by atoms with Crippen LogP contribution < -0.4 is 4.74 Å². The molecule has 1 unspecified atom stereocenters. The molecule has 0 radical (unpaired) electrons. The van der Waals surface area contributed by atoms with Crippen molar-refractivity contribution in [3.05, 3.63) is 29.8 Å². The van der Waals surface area contributed by atoms with Gasteiger partial charge in [0.2, 0.25) is 0 Å². The van der Waals surface area contributed by atoms with Crippen molar-refractivity contribution in [3.63, 3.8) is 0 Å². The minimum Gasteiger partial charge on any atom is -0.493 e. The predicted octanol–water partition coefficient (Wildman–Crippen LogP) is 2.92. The maximum atomic E-state index is 11.4. The van der Waals surface area contributed by atoms with Gasteiger partial charge in [0.1, 0.15) is 11.5 Å². The van der Waals surface area contributed by atoms with Crippen LogP contribution in [0.1, 0.15) is 37.7 Å². The standard InChI is InChI=1S/C13H16O2/c1-2-11(14)9-10-7-8-15-13-6-4-3-5-12(10)13/h3-6,10H,2,7-9H2,1H3. The number of benzene rings is 1. The van der Waals surface area contributed by atoms with E-state index in [9.17, 15) is 4.79 Å². The summed E-state index contributed by atoms with van der Waals surface area (Å²) in [5, 5.41) is 0. The van der Waals surface area contributed by atoms with E-state index in [1.807, 2.05) is 25.1 Å². The summed E-state index contributed by atoms with van der Waals surface area (Å²) in [5.74, 6) is 1.66. The number of fused-ring (bicyclic) bond motifs is 1. The van der Waals surface area contributed by atoms with Crippen LogP contribution in [-0.4, -0.2) is 12.4 Å². The zero-order valence-electron chi connectivity index (χ0n) is 9.03. The number of Topliss-reactive ketones (excluding diaryl/α,β-unsaturated/α-hetero) is 1. The second-order valence-electron chi connectivity index (χ2n) is 3.97. The van der Waals surface area contributed by atoms with E-state index >= 15 is 0 Å². The first kappa shape index (κ1) is 10.2. The quantitative estimate of drug-likeness (QED) is 0.756. The minimum absolute atomic E-state index is 0.344. The zero-order valence-corrected chi connectivity index (χ0v) is 9.03. The fourth-order valence-electron chi connectivity index (χ4n) is 2.05. The molecule has 0 saturated carbocycles. The number of ether oxygens (including phenoxy) is 1. The fraction of sp³-hybridized carbons (Fsp3) is 0.462. The fourth-order valence-corrected chi connectivity index (χ4v) is 2.05. The van der Waals surface area contributed by atoms with Gasteiger partial charge in [-0.05, 0) is 24.0 Å². The van der Waals surface area contributed by atoms with Gasteiger partial charge in [0, 0.05) is 12.8 Å². The topological polar surface area (TPSA) is 26.3 Å². The molecule has 2 heteroatoms. The van der Waals surface area contributed by atoms with Crippen LogP contribution in [0.15, 0.2) is 24.3 Å². The largest absolute Gasteiger partial charge is 0.493 e. The molecule has 0 aliphatic carbocycles. The van der Waals surface area contributed by atoms with Gasteiger partial charge in [0.05, 0.1) is 6.61 Å². The molecule has 1 aliphatic rings. The smallest absolute Gasteiger partial charge is 0.133 e. The normalized spacial score (nSPS) is 19.1. The van der Waals surface area contributed by atoms with Crippen molar-refractivity contribution in [1.82, 2.24) is 0 Å². The molecule has 0 aromatic heterocycles. The average Bonchev–Trinajstić information content (AvgIpc) is 2.29. The molecule has 0 saturated heterocycles. The Labute approximate surface area is 90.3 Å². The molecule has 15 heavy (non-hydrogen) atoms. The number of carbonyl (C=O) groups is 1. The van der Waals surface area contributed by atoms with Crippen molar-refractivity contribution in [3.8, 4) is 5.75 Å². The van der Waals surface area contributed by atoms with Crippen LogP contribution in [0, 0.1) is 0 Å². The number of ketones is 1. The van der Waals surface area contributed by atoms with Gasteiger partial charge in [-0.2, -0.15) is 0 Å². The second kappa shape index (κ2) is 4.47. The summed E-state index contributed by atoms with van der Waals surface area (Å²) in [5.41, 5.74) is 1.20. The summed E-state index contributed by atoms with van der Waals surface area (Å²) < 4.78 is 5.56. The predicted molar refractivity (Wildman–Crippen MR) is 59.2 cm³/mol. The van der Waals surface area contributed by atoms with Gasteiger partial charge in [-0.1, -0.05) is 25.1 Å². The van der Waals surface area contributed by atoms with Gasteiger partial charge in [0.15, 0.2) is 0 Å². The molecular weight excluding hydrogens is 188 g/mol. The first-order chi connectivity index (χ1) is 7.31. The maximum Gasteiger partial charge on any atom is 0.133 e. The average molecular weight is 204 g/mol. The Balaban J connectivity index is 2.18. The molecule has 1 heterocycles. The molecule has 0 amide bonds. The van der Waals surface area contributed by atoms with Crippen LogP contribution in [0.2, 0.25) is 0 Å². The zero-order chi connectivity index (χ0) is 10.7. The second-order valence-corrected chi connectivity index (χ2v) is 3.97. The Hall–Kier alpha value is -1.31. The van der Waals surface area contributed by atoms with Crippen molar-refractivity contribution in [1.29, 1.82) is 0 Å². The summed E-state index contributed by atoms with van der Waals surface area (Å²) in [6.07, 6.45) is 2.26. The van der Waals surface area contributed by atoms with E-state index in [4.69, 9.17) is 4.74 Å². The third-order valence-electron chi connectivity index (χ3n) is 2.95. The molecule has 0 bridgehead atoms. The van der Waals surface area contributed by atoms with E-state index in [-0.39, 0.29) is 0 Å². The molecule has 1 atom stereocenters. The van der Waals surface area contributed by atoms with Crippen molar-refractivity contribution in [2.45, 2.75) is 32.1 Å². The van der Waals surface area contributed by atoms with Crippen LogP contribution in [-0.2, 0) is 4.79 Å². The summed E-state index contributed by atoms with van der Waals surface area (Å²) in [7, 11) is 0. The Kier molecular flexibility index (Phi) is 3.05. The first-order valence-electron chi connectivity index (χ1n) is 5.54. The van der Waals surface area contributed by atoms with Crippen molar-refractivity contribution in [2.75, 3.05) is 6.61 Å². The lowest BCUT2D eigenvalue weighted by Crippen LogP contribution is -2.16. The van der Waals surface area contributed by atoms with E-state index in [1.165, 1.54) is 5.56 Å². The lowest BCUT2D eigenvalue weighted by Gasteiger charge is -2.25. The van der Waals surface area contributed by atoms with E-state index < -0.39 is 0 Å². The van der Waals surface area contributed by atoms with Gasteiger partial charge < -0.3 is 4.74 Å². The first-order valence-corrected chi connectivity index (χ1v) is 5.54. The van der Waals surface area contributed by atoms with E-state index in [1.54, 1.807) is 0 Å². The summed E-state index contributed by atoms with van der Waals surface area (Å²) in [6.45, 7) is 2.66. The van der Waals surface area contributed by atoms with Crippen LogP contribution in [0.3, 0.4) is 0 Å². The highest BCUT2D eigenvalue weighted by atomic mass is 16.5. The molecular formula is C13H16O2. The van der Waals surface area contributed by atoms with Crippen molar-refractivity contribution in [2.24, 2.45) is 0 Å². The summed E-state index contributed by atoms with van der Waals surface area (Å²) in [6, 6.07) is 8.04. The summed E-state index contributed by atoms with van der Waals surface area (Å²) in [4.78, 5) is 11.4. The minimum atomic E-state index is 0.344. The van der Waals surface area contributed by atoms with E-state index in [0.29, 0.717) is 24.5 Å². The van der Waals surface area contributed by atoms with Crippen LogP contribution in [0.4, 0.5) is 0 Å². The summed E-state index contributed by atoms with van der Waals surface area (Å²) >= 11 is 0. The molecule has 2 rings (SSSR count). The maximum absolute atomic E-state index is 11.4. The SMILES string of the molecule is CCC(=O)CC1CCOc2ccccc21. The molecule has 1 aromatic rings. The Bertz CT molecular complexity index is 357. The van der Waals surface area contributed by atoms with Gasteiger partial charge >= 0.3 is 0 Å². The highest BCUT2D eigenvalue weighted by Gasteiger charge is 2.22. The lowest BCUT2D eigenvalue weighted by atomic mass is 9.88. The molecule has 1 aromatic carbocycles. The number of para-hydroxylation sites is 1.